The summed E-state index contributed by atoms with van der Waals surface area (Å²) in [6.45, 7) is 0. The van der Waals surface area contributed by atoms with E-state index in [1.807, 2.05) is 0 Å². The Bertz CT molecular complexity index is 353. The van der Waals surface area contributed by atoms with Crippen molar-refractivity contribution in [2.75, 3.05) is 0 Å². The van der Waals surface area contributed by atoms with Crippen molar-refractivity contribution in [1.82, 2.24) is 14.5 Å². The van der Waals surface area contributed by atoms with Gasteiger partial charge in [-0.3, -0.25) is 4.98 Å². The van der Waals surface area contributed by atoms with Crippen molar-refractivity contribution in [3.05, 3.63) is 27.3 Å². The number of nitrogens with one attached hydrogen (secondary N) is 1. The van der Waals surface area contributed by atoms with Gasteiger partial charge in [0.1, 0.15) is 6.33 Å². The minimum atomic E-state index is -0.869. The van der Waals surface area contributed by atoms with Crippen molar-refractivity contribution < 1.29 is 0 Å². The first kappa shape index (κ1) is 6.22. The number of rotatable bonds is 0. The van der Waals surface area contributed by atoms with Crippen molar-refractivity contribution in [1.29, 1.82) is 5.26 Å². The molecular formula is C4H2N4O2. The average Bonchev–Trinajstić information content (AvgIpc) is 1.88. The third kappa shape index (κ3) is 0.798. The van der Waals surface area contributed by atoms with Crippen LogP contribution in [0.5, 0.6) is 0 Å². The Morgan fingerprint density at radius 2 is 2.40 bits per heavy atom. The predicted molar refractivity (Wildman–Crippen MR) is 30.1 cm³/mol. The SMILES string of the molecule is N#Cn1c(=O)nc[nH]c1=O. The lowest BCUT2D eigenvalue weighted by Crippen LogP contribution is -2.33. The topological polar surface area (TPSA) is 91.5 Å². The Morgan fingerprint density at radius 3 is 2.80 bits per heavy atom. The van der Waals surface area contributed by atoms with Crippen molar-refractivity contribution in [3.8, 4) is 6.19 Å². The number of H-pyrrole nitrogens is 1. The summed E-state index contributed by atoms with van der Waals surface area (Å²) in [5.41, 5.74) is -1.64. The Hall–Kier alpha value is -1.90. The van der Waals surface area contributed by atoms with E-state index in [9.17, 15) is 9.59 Å². The van der Waals surface area contributed by atoms with E-state index in [0.717, 1.165) is 6.33 Å². The molecule has 0 aromatic carbocycles. The fourth-order valence-corrected chi connectivity index (χ4v) is 0.440. The fourth-order valence-electron chi connectivity index (χ4n) is 0.440. The van der Waals surface area contributed by atoms with Gasteiger partial charge < -0.3 is 0 Å². The van der Waals surface area contributed by atoms with Gasteiger partial charge in [0.2, 0.25) is 0 Å². The molecular weight excluding hydrogens is 136 g/mol. The molecule has 0 aliphatic rings. The van der Waals surface area contributed by atoms with Crippen molar-refractivity contribution in [2.24, 2.45) is 0 Å². The molecule has 1 aromatic heterocycles. The van der Waals surface area contributed by atoms with Gasteiger partial charge in [-0.25, -0.2) is 9.59 Å². The van der Waals surface area contributed by atoms with Gasteiger partial charge in [0, 0.05) is 0 Å². The van der Waals surface area contributed by atoms with E-state index in [4.69, 9.17) is 5.26 Å². The van der Waals surface area contributed by atoms with Crippen LogP contribution in [-0.4, -0.2) is 14.5 Å². The molecule has 0 bridgehead atoms. The number of hydrogen-bond donors (Lipinski definition) is 1. The molecule has 0 aliphatic heterocycles. The third-order valence-electron chi connectivity index (χ3n) is 0.857. The van der Waals surface area contributed by atoms with Gasteiger partial charge in [-0.1, -0.05) is 0 Å². The second kappa shape index (κ2) is 2.14. The van der Waals surface area contributed by atoms with Crippen LogP contribution < -0.4 is 11.4 Å². The van der Waals surface area contributed by atoms with E-state index in [2.05, 4.69) is 9.97 Å². The molecule has 0 aliphatic carbocycles. The van der Waals surface area contributed by atoms with Crippen molar-refractivity contribution >= 4 is 0 Å². The van der Waals surface area contributed by atoms with Crippen LogP contribution in [-0.2, 0) is 0 Å². The zero-order chi connectivity index (χ0) is 7.56. The molecule has 0 spiro atoms. The van der Waals surface area contributed by atoms with Crippen LogP contribution in [0.15, 0.2) is 15.9 Å². The molecule has 0 radical (unpaired) electrons. The molecule has 1 rings (SSSR count). The van der Waals surface area contributed by atoms with E-state index < -0.39 is 11.4 Å². The van der Waals surface area contributed by atoms with Crippen LogP contribution in [0.2, 0.25) is 0 Å². The van der Waals surface area contributed by atoms with Crippen LogP contribution in [0.3, 0.4) is 0 Å². The fraction of sp³-hybridized carbons (Fsp3) is 0. The summed E-state index contributed by atoms with van der Waals surface area (Å²) in [6.07, 6.45) is 2.30. The monoisotopic (exact) mass is 138 g/mol. The van der Waals surface area contributed by atoms with E-state index in [1.54, 1.807) is 0 Å². The van der Waals surface area contributed by atoms with E-state index in [1.165, 1.54) is 6.19 Å². The van der Waals surface area contributed by atoms with Crippen molar-refractivity contribution in [2.45, 2.75) is 0 Å². The molecule has 1 N–H and O–H groups in total. The minimum Gasteiger partial charge on any atom is -0.297 e. The van der Waals surface area contributed by atoms with Gasteiger partial charge in [-0.2, -0.15) is 10.2 Å². The second-order valence-electron chi connectivity index (χ2n) is 1.43. The lowest BCUT2D eigenvalue weighted by molar-refractivity contribution is 0.822. The van der Waals surface area contributed by atoms with Gasteiger partial charge in [-0.15, -0.1) is 4.57 Å². The van der Waals surface area contributed by atoms with E-state index in [-0.39, 0.29) is 0 Å². The summed E-state index contributed by atoms with van der Waals surface area (Å²) in [6, 6.07) is 0. The Labute approximate surface area is 54.4 Å². The van der Waals surface area contributed by atoms with Crippen LogP contribution in [0.25, 0.3) is 0 Å². The third-order valence-corrected chi connectivity index (χ3v) is 0.857. The van der Waals surface area contributed by atoms with Crippen LogP contribution in [0.1, 0.15) is 0 Å². The molecule has 0 saturated carbocycles. The van der Waals surface area contributed by atoms with Gasteiger partial charge in [-0.05, 0) is 0 Å². The summed E-state index contributed by atoms with van der Waals surface area (Å²) >= 11 is 0. The van der Waals surface area contributed by atoms with Crippen LogP contribution in [0, 0.1) is 11.5 Å². The highest BCUT2D eigenvalue weighted by Crippen LogP contribution is 1.54. The lowest BCUT2D eigenvalue weighted by atomic mass is 10.9. The maximum atomic E-state index is 10.5. The molecule has 6 nitrogen and oxygen atoms in total. The molecule has 6 heteroatoms. The van der Waals surface area contributed by atoms with Gasteiger partial charge in [0.05, 0.1) is 0 Å². The molecule has 10 heavy (non-hydrogen) atoms. The largest absolute Gasteiger partial charge is 0.366 e. The maximum Gasteiger partial charge on any atom is 0.366 e. The van der Waals surface area contributed by atoms with Crippen LogP contribution in [0.4, 0.5) is 0 Å². The Morgan fingerprint density at radius 1 is 1.70 bits per heavy atom. The predicted octanol–water partition coefficient (Wildman–Crippen LogP) is -1.74. The standard InChI is InChI=1S/C4H2N4O2/c5-1-8-3(9)6-2-7-4(8)10/h2H,(H,6,7,9,10). The summed E-state index contributed by atoms with van der Waals surface area (Å²) in [5.74, 6) is 0. The highest BCUT2D eigenvalue weighted by Gasteiger charge is 1.95. The molecule has 0 saturated heterocycles. The molecule has 0 fully saturated rings. The number of nitrogens with zero attached hydrogens (tertiary/aromatic N) is 3. The second-order valence-corrected chi connectivity index (χ2v) is 1.43. The van der Waals surface area contributed by atoms with E-state index >= 15 is 0 Å². The minimum absolute atomic E-state index is 0.319. The summed E-state index contributed by atoms with van der Waals surface area (Å²) in [4.78, 5) is 26.2. The Balaban J connectivity index is 3.67. The quantitative estimate of drug-likeness (QED) is 0.460. The normalized spacial score (nSPS) is 8.70. The first-order valence-electron chi connectivity index (χ1n) is 2.32. The number of aromatic nitrogens is 3. The average molecular weight is 138 g/mol. The number of aromatic amines is 1. The number of hydrogen-bond acceptors (Lipinski definition) is 4. The van der Waals surface area contributed by atoms with Gasteiger partial charge in [0.25, 0.3) is 0 Å². The van der Waals surface area contributed by atoms with Crippen LogP contribution >= 0.6 is 0 Å². The highest BCUT2D eigenvalue weighted by atomic mass is 16.2. The lowest BCUT2D eigenvalue weighted by Gasteiger charge is -1.84. The van der Waals surface area contributed by atoms with Crippen molar-refractivity contribution in [3.63, 3.8) is 0 Å². The van der Waals surface area contributed by atoms with E-state index in [0.29, 0.717) is 4.57 Å². The smallest absolute Gasteiger partial charge is 0.297 e. The zero-order valence-electron chi connectivity index (χ0n) is 4.74. The molecule has 1 heterocycles. The van der Waals surface area contributed by atoms with Gasteiger partial charge >= 0.3 is 11.4 Å². The molecule has 50 valence electrons. The van der Waals surface area contributed by atoms with Gasteiger partial charge in [0.15, 0.2) is 6.19 Å². The first-order chi connectivity index (χ1) is 4.75. The number of nitriles is 1. The summed E-state index contributed by atoms with van der Waals surface area (Å²) in [7, 11) is 0. The molecule has 0 amide bonds. The summed E-state index contributed by atoms with van der Waals surface area (Å²) in [5, 5.41) is 8.15. The zero-order valence-corrected chi connectivity index (χ0v) is 4.74. The first-order valence-corrected chi connectivity index (χ1v) is 2.32. The maximum absolute atomic E-state index is 10.5. The molecule has 0 atom stereocenters. The molecule has 1 aromatic rings. The summed E-state index contributed by atoms with van der Waals surface area (Å²) < 4.78 is 0.319. The molecule has 0 unspecified atom stereocenters. The Kier molecular flexibility index (Phi) is 1.33. The highest BCUT2D eigenvalue weighted by molar-refractivity contribution is 4.81.